The Morgan fingerprint density at radius 3 is 2.18 bits per heavy atom. The summed E-state index contributed by atoms with van der Waals surface area (Å²) in [6, 6.07) is 3.22. The molecule has 1 aromatic heterocycles. The summed E-state index contributed by atoms with van der Waals surface area (Å²) in [4.78, 5) is 12.2. The van der Waals surface area contributed by atoms with Gasteiger partial charge in [-0.05, 0) is 24.0 Å². The van der Waals surface area contributed by atoms with Gasteiger partial charge in [0.1, 0.15) is 17.6 Å². The van der Waals surface area contributed by atoms with Crippen molar-refractivity contribution in [2.45, 2.75) is 31.9 Å². The number of alkyl halides is 3. The Kier molecular flexibility index (Phi) is 4.37. The first kappa shape index (κ1) is 20.3. The first-order valence-corrected chi connectivity index (χ1v) is 8.69. The molecule has 1 saturated carbocycles. The molecule has 28 heavy (non-hydrogen) atoms. The number of aromatic nitrogens is 2. The van der Waals surface area contributed by atoms with Crippen molar-refractivity contribution >= 4 is 34.9 Å². The largest absolute Gasteiger partial charge is 0.416 e. The normalized spacial score (nSPS) is 20.6. The maximum absolute atomic E-state index is 13.0. The number of benzene rings is 1. The molecule has 1 fully saturated rings. The summed E-state index contributed by atoms with van der Waals surface area (Å²) < 4.78 is 39.9. The number of carbonyl (C=O) groups excluding carboxylic acids is 1. The van der Waals surface area contributed by atoms with E-state index in [0.717, 1.165) is 4.68 Å². The Bertz CT molecular complexity index is 1030. The van der Waals surface area contributed by atoms with Crippen LogP contribution in [-0.2, 0) is 16.4 Å². The number of nitrogens with zero attached hydrogens (tertiary/aromatic N) is 3. The number of hydrogen-bond acceptors (Lipinski definition) is 4. The van der Waals surface area contributed by atoms with Crippen LogP contribution in [-0.4, -0.2) is 15.7 Å². The molecule has 11 heteroatoms. The molecule has 6 nitrogen and oxygen atoms in total. The fourth-order valence-electron chi connectivity index (χ4n) is 3.62. The molecule has 1 aromatic carbocycles. The summed E-state index contributed by atoms with van der Waals surface area (Å²) in [6.07, 6.45) is -4.31. The third kappa shape index (κ3) is 2.71. The second kappa shape index (κ2) is 6.03. The van der Waals surface area contributed by atoms with Gasteiger partial charge in [-0.1, -0.05) is 37.0 Å². The highest BCUT2D eigenvalue weighted by Crippen LogP contribution is 2.66. The van der Waals surface area contributed by atoms with Crippen LogP contribution in [0.15, 0.2) is 12.1 Å². The molecule has 0 radical (unpaired) electrons. The monoisotopic (exact) mass is 431 g/mol. The first-order chi connectivity index (χ1) is 12.8. The Morgan fingerprint density at radius 2 is 1.82 bits per heavy atom. The van der Waals surface area contributed by atoms with Crippen LogP contribution in [0, 0.1) is 16.7 Å². The van der Waals surface area contributed by atoms with Gasteiger partial charge in [0, 0.05) is 5.56 Å². The molecule has 4 N–H and O–H groups in total. The molecule has 0 spiro atoms. The van der Waals surface area contributed by atoms with Crippen LogP contribution in [0.2, 0.25) is 10.0 Å². The summed E-state index contributed by atoms with van der Waals surface area (Å²) >= 11 is 12.1. The minimum Gasteiger partial charge on any atom is -0.383 e. The Balaban J connectivity index is 2.27. The molecule has 0 bridgehead atoms. The van der Waals surface area contributed by atoms with Gasteiger partial charge in [0.15, 0.2) is 5.69 Å². The number of primary amides is 1. The van der Waals surface area contributed by atoms with Crippen LogP contribution < -0.4 is 11.5 Å². The number of rotatable bonds is 3. The molecular formula is C17H14Cl2F3N5O. The zero-order chi connectivity index (χ0) is 21.2. The number of anilines is 1. The topological polar surface area (TPSA) is 111 Å². The molecule has 1 heterocycles. The highest BCUT2D eigenvalue weighted by atomic mass is 35.5. The smallest absolute Gasteiger partial charge is 0.383 e. The minimum atomic E-state index is -4.65. The summed E-state index contributed by atoms with van der Waals surface area (Å²) in [5.41, 5.74) is 8.74. The number of halogens is 5. The molecule has 3 rings (SSSR count). The van der Waals surface area contributed by atoms with Crippen molar-refractivity contribution in [3.8, 4) is 11.8 Å². The van der Waals surface area contributed by atoms with Gasteiger partial charge in [0.05, 0.1) is 21.0 Å². The van der Waals surface area contributed by atoms with E-state index in [4.69, 9.17) is 34.7 Å². The van der Waals surface area contributed by atoms with E-state index in [2.05, 4.69) is 5.10 Å². The number of hydrogen-bond donors (Lipinski definition) is 2. The maximum atomic E-state index is 13.0. The lowest BCUT2D eigenvalue weighted by Gasteiger charge is -2.17. The minimum absolute atomic E-state index is 0.125. The lowest BCUT2D eigenvalue weighted by atomic mass is 9.87. The summed E-state index contributed by atoms with van der Waals surface area (Å²) in [6.45, 7) is 3.57. The van der Waals surface area contributed by atoms with Gasteiger partial charge < -0.3 is 11.5 Å². The van der Waals surface area contributed by atoms with Gasteiger partial charge in [-0.25, -0.2) is 4.68 Å². The van der Waals surface area contributed by atoms with Crippen LogP contribution in [0.5, 0.6) is 0 Å². The Morgan fingerprint density at radius 1 is 1.32 bits per heavy atom. The van der Waals surface area contributed by atoms with Crippen molar-refractivity contribution < 1.29 is 18.0 Å². The van der Waals surface area contributed by atoms with Crippen molar-refractivity contribution in [2.75, 3.05) is 5.73 Å². The maximum Gasteiger partial charge on any atom is 0.416 e. The molecule has 1 unspecified atom stereocenters. The van der Waals surface area contributed by atoms with E-state index in [1.54, 1.807) is 13.8 Å². The van der Waals surface area contributed by atoms with Crippen LogP contribution in [0.25, 0.3) is 5.69 Å². The second-order valence-corrected chi connectivity index (χ2v) is 8.06. The van der Waals surface area contributed by atoms with E-state index in [0.29, 0.717) is 18.6 Å². The lowest BCUT2D eigenvalue weighted by Crippen LogP contribution is -2.33. The Hall–Kier alpha value is -2.44. The molecule has 1 aliphatic rings. The molecule has 0 aliphatic heterocycles. The number of carbonyl (C=O) groups is 1. The highest BCUT2D eigenvalue weighted by molar-refractivity contribution is 6.38. The van der Waals surface area contributed by atoms with Crippen molar-refractivity contribution in [1.82, 2.24) is 9.78 Å². The molecule has 0 saturated heterocycles. The van der Waals surface area contributed by atoms with Crippen molar-refractivity contribution in [1.29, 1.82) is 5.26 Å². The summed E-state index contributed by atoms with van der Waals surface area (Å²) in [5, 5.41) is 12.8. The molecule has 1 aliphatic carbocycles. The molecule has 1 amide bonds. The Labute approximate surface area is 167 Å². The number of amides is 1. The van der Waals surface area contributed by atoms with Crippen LogP contribution >= 0.6 is 23.2 Å². The predicted octanol–water partition coefficient (Wildman–Crippen LogP) is 3.80. The standard InChI is InChI=1S/C17H14Cl2F3N5O/c1-15(2)6-16(15,14(25)28)11-10(5-23)26-27(13(11)24)12-8(18)3-7(4-9(12)19)17(20,21)22/h3-4H,6,24H2,1-2H3,(H2,25,28). The lowest BCUT2D eigenvalue weighted by molar-refractivity contribution is -0.137. The van der Waals surface area contributed by atoms with Crippen LogP contribution in [0.1, 0.15) is 37.1 Å². The van der Waals surface area contributed by atoms with Crippen molar-refractivity contribution in [3.63, 3.8) is 0 Å². The fourth-order valence-corrected chi connectivity index (χ4v) is 4.27. The van der Waals surface area contributed by atoms with Crippen LogP contribution in [0.3, 0.4) is 0 Å². The fraction of sp³-hybridized carbons (Fsp3) is 0.353. The van der Waals surface area contributed by atoms with E-state index in [1.165, 1.54) is 0 Å². The zero-order valence-corrected chi connectivity index (χ0v) is 16.2. The van der Waals surface area contributed by atoms with Crippen LogP contribution in [0.4, 0.5) is 19.0 Å². The quantitative estimate of drug-likeness (QED) is 0.769. The van der Waals surface area contributed by atoms with Gasteiger partial charge in [-0.2, -0.15) is 23.5 Å². The van der Waals surface area contributed by atoms with Gasteiger partial charge in [0.25, 0.3) is 0 Å². The van der Waals surface area contributed by atoms with E-state index in [9.17, 15) is 23.2 Å². The second-order valence-electron chi connectivity index (χ2n) is 7.25. The van der Waals surface area contributed by atoms with E-state index >= 15 is 0 Å². The van der Waals surface area contributed by atoms with Gasteiger partial charge in [-0.3, -0.25) is 4.79 Å². The molecule has 148 valence electrons. The third-order valence-electron chi connectivity index (χ3n) is 5.17. The first-order valence-electron chi connectivity index (χ1n) is 7.93. The van der Waals surface area contributed by atoms with Gasteiger partial charge in [-0.15, -0.1) is 0 Å². The van der Waals surface area contributed by atoms with E-state index in [1.807, 2.05) is 6.07 Å². The molecule has 1 atom stereocenters. The molecule has 2 aromatic rings. The number of nitrogen functional groups attached to an aromatic ring is 1. The van der Waals surface area contributed by atoms with E-state index in [-0.39, 0.29) is 32.8 Å². The van der Waals surface area contributed by atoms with Crippen molar-refractivity contribution in [2.24, 2.45) is 11.1 Å². The summed E-state index contributed by atoms with van der Waals surface area (Å²) in [5.74, 6) is -0.811. The number of nitriles is 1. The zero-order valence-electron chi connectivity index (χ0n) is 14.7. The average Bonchev–Trinajstić information content (AvgIpc) is 2.99. The highest BCUT2D eigenvalue weighted by Gasteiger charge is 2.68. The third-order valence-corrected chi connectivity index (χ3v) is 5.74. The van der Waals surface area contributed by atoms with E-state index < -0.39 is 28.5 Å². The summed E-state index contributed by atoms with van der Waals surface area (Å²) in [7, 11) is 0. The average molecular weight is 432 g/mol. The predicted molar refractivity (Wildman–Crippen MR) is 97.0 cm³/mol. The number of nitrogens with two attached hydrogens (primary N) is 2. The van der Waals surface area contributed by atoms with Crippen molar-refractivity contribution in [3.05, 3.63) is 39.0 Å². The SMILES string of the molecule is CC1(C)CC1(C(N)=O)c1c(C#N)nn(-c2c(Cl)cc(C(F)(F)F)cc2Cl)c1N. The van der Waals surface area contributed by atoms with Gasteiger partial charge >= 0.3 is 6.18 Å². The molecular weight excluding hydrogens is 418 g/mol. The van der Waals surface area contributed by atoms with Gasteiger partial charge in [0.2, 0.25) is 5.91 Å².